The molecule has 9 nitrogen and oxygen atoms in total. The third-order valence-electron chi connectivity index (χ3n) is 3.36. The van der Waals surface area contributed by atoms with Crippen LogP contribution < -0.4 is 10.6 Å². The van der Waals surface area contributed by atoms with Crippen molar-refractivity contribution in [3.8, 4) is 0 Å². The van der Waals surface area contributed by atoms with Gasteiger partial charge in [-0.2, -0.15) is 0 Å². The zero-order valence-corrected chi connectivity index (χ0v) is 14.7. The number of nitrogens with zero attached hydrogens (tertiary/aromatic N) is 1. The Bertz CT molecular complexity index is 886. The van der Waals surface area contributed by atoms with Crippen molar-refractivity contribution in [3.63, 3.8) is 0 Å². The molecule has 0 saturated carbocycles. The number of benzene rings is 2. The average Bonchev–Trinajstić information content (AvgIpc) is 2.65. The van der Waals surface area contributed by atoms with Gasteiger partial charge >= 0.3 is 5.97 Å². The van der Waals surface area contributed by atoms with Crippen LogP contribution in [0.15, 0.2) is 48.5 Å². The van der Waals surface area contributed by atoms with Crippen LogP contribution in [-0.2, 0) is 4.74 Å². The topological polar surface area (TPSA) is 131 Å². The smallest absolute Gasteiger partial charge is 0.336 e. The molecule has 3 N–H and O–H groups in total. The quantitative estimate of drug-likeness (QED) is 0.285. The molecule has 2 aromatic rings. The van der Waals surface area contributed by atoms with Gasteiger partial charge in [-0.05, 0) is 30.4 Å². The van der Waals surface area contributed by atoms with Gasteiger partial charge < -0.3 is 20.5 Å². The number of nitro benzene ring substituents is 1. The molecule has 0 aromatic heterocycles. The minimum absolute atomic E-state index is 0.00651. The highest BCUT2D eigenvalue weighted by atomic mass is 32.1. The monoisotopic (exact) mass is 389 g/mol. The van der Waals surface area contributed by atoms with Crippen molar-refractivity contribution >= 4 is 40.6 Å². The zero-order chi connectivity index (χ0) is 19.8. The van der Waals surface area contributed by atoms with E-state index in [-0.39, 0.29) is 40.8 Å². The van der Waals surface area contributed by atoms with Gasteiger partial charge in [0.15, 0.2) is 0 Å². The third-order valence-corrected chi connectivity index (χ3v) is 3.58. The number of hydrogen-bond donors (Lipinski definition) is 3. The van der Waals surface area contributed by atoms with Crippen molar-refractivity contribution in [2.24, 2.45) is 0 Å². The molecule has 1 amide bonds. The Morgan fingerprint density at radius 1 is 1.11 bits per heavy atom. The number of hydrogen-bond acceptors (Lipinski definition) is 6. The molecule has 0 spiro atoms. The summed E-state index contributed by atoms with van der Waals surface area (Å²) in [6, 6.07) is 11.8. The Kier molecular flexibility index (Phi) is 6.78. The van der Waals surface area contributed by atoms with Crippen LogP contribution in [0.3, 0.4) is 0 Å². The van der Waals surface area contributed by atoms with Crippen molar-refractivity contribution in [1.29, 1.82) is 0 Å². The summed E-state index contributed by atoms with van der Waals surface area (Å²) < 4.78 is 5.21. The van der Waals surface area contributed by atoms with Gasteiger partial charge in [0, 0.05) is 6.07 Å². The van der Waals surface area contributed by atoms with Gasteiger partial charge in [0.1, 0.15) is 12.3 Å². The fourth-order valence-electron chi connectivity index (χ4n) is 2.16. The van der Waals surface area contributed by atoms with Crippen molar-refractivity contribution in [1.82, 2.24) is 5.32 Å². The van der Waals surface area contributed by atoms with Crippen LogP contribution in [0.1, 0.15) is 20.7 Å². The number of nitro groups is 1. The number of aromatic carboxylic acids is 1. The Balaban J connectivity index is 1.84. The van der Waals surface area contributed by atoms with Crippen LogP contribution in [0.4, 0.5) is 11.4 Å². The first-order chi connectivity index (χ1) is 12.9. The number of amides is 1. The fraction of sp³-hybridized carbons (Fsp3) is 0.118. The summed E-state index contributed by atoms with van der Waals surface area (Å²) in [6.07, 6.45) is 0. The minimum Gasteiger partial charge on any atom is -0.478 e. The molecule has 0 aliphatic rings. The molecule has 10 heteroatoms. The van der Waals surface area contributed by atoms with Gasteiger partial charge in [-0.25, -0.2) is 4.79 Å². The maximum atomic E-state index is 12.1. The lowest BCUT2D eigenvalue weighted by Gasteiger charge is -2.11. The van der Waals surface area contributed by atoms with E-state index in [4.69, 9.17) is 22.1 Å². The number of ether oxygens (including phenoxy) is 1. The summed E-state index contributed by atoms with van der Waals surface area (Å²) in [5, 5.41) is 25.1. The van der Waals surface area contributed by atoms with E-state index in [1.807, 2.05) is 0 Å². The highest BCUT2D eigenvalue weighted by Crippen LogP contribution is 2.23. The first-order valence-electron chi connectivity index (χ1n) is 7.68. The maximum Gasteiger partial charge on any atom is 0.336 e. The van der Waals surface area contributed by atoms with Gasteiger partial charge in [-0.15, -0.1) is 0 Å². The van der Waals surface area contributed by atoms with E-state index in [9.17, 15) is 19.7 Å². The summed E-state index contributed by atoms with van der Waals surface area (Å²) in [6.45, 7) is 0.0545. The Hall–Kier alpha value is -3.53. The number of para-hydroxylation sites is 2. The molecule has 0 fully saturated rings. The average molecular weight is 389 g/mol. The Morgan fingerprint density at radius 2 is 1.74 bits per heavy atom. The normalized spacial score (nSPS) is 9.93. The molecule has 0 aliphatic carbocycles. The lowest BCUT2D eigenvalue weighted by Crippen LogP contribution is -2.30. The van der Waals surface area contributed by atoms with E-state index in [1.54, 1.807) is 12.1 Å². The first-order valence-corrected chi connectivity index (χ1v) is 8.08. The number of carbonyl (C=O) groups is 2. The molecular weight excluding hydrogens is 374 g/mol. The van der Waals surface area contributed by atoms with Gasteiger partial charge in [0.25, 0.3) is 16.8 Å². The number of carboxylic acid groups (broad SMARTS) is 1. The lowest BCUT2D eigenvalue weighted by molar-refractivity contribution is -0.383. The molecule has 140 valence electrons. The summed E-state index contributed by atoms with van der Waals surface area (Å²) in [5.74, 6) is -1.76. The van der Waals surface area contributed by atoms with Crippen LogP contribution in [0, 0.1) is 10.1 Å². The highest BCUT2D eigenvalue weighted by Gasteiger charge is 2.16. The molecule has 0 unspecified atom stereocenters. The minimum atomic E-state index is -1.20. The highest BCUT2D eigenvalue weighted by molar-refractivity contribution is 7.80. The molecule has 2 rings (SSSR count). The Labute approximate surface area is 159 Å². The van der Waals surface area contributed by atoms with Crippen molar-refractivity contribution < 1.29 is 24.4 Å². The van der Waals surface area contributed by atoms with Crippen molar-refractivity contribution in [3.05, 3.63) is 69.8 Å². The standard InChI is InChI=1S/C17H15N3O6S/c21-15(11-5-1-2-6-12(11)16(22)23)18-9-10-26-17(27)19-13-7-3-4-8-14(13)20(24)25/h1-8H,9-10H2,(H,18,21)(H,19,27)(H,22,23). The van der Waals surface area contributed by atoms with E-state index in [1.165, 1.54) is 36.4 Å². The molecule has 0 radical (unpaired) electrons. The Morgan fingerprint density at radius 3 is 2.41 bits per heavy atom. The summed E-state index contributed by atoms with van der Waals surface area (Å²) in [4.78, 5) is 33.6. The predicted molar refractivity (Wildman–Crippen MR) is 101 cm³/mol. The van der Waals surface area contributed by atoms with Gasteiger partial charge in [-0.1, -0.05) is 24.3 Å². The summed E-state index contributed by atoms with van der Waals surface area (Å²) in [7, 11) is 0. The predicted octanol–water partition coefficient (Wildman–Crippen LogP) is 2.44. The fourth-order valence-corrected chi connectivity index (χ4v) is 2.35. The zero-order valence-electron chi connectivity index (χ0n) is 13.9. The van der Waals surface area contributed by atoms with Crippen molar-refractivity contribution in [2.45, 2.75) is 0 Å². The van der Waals surface area contributed by atoms with E-state index in [0.29, 0.717) is 0 Å². The van der Waals surface area contributed by atoms with E-state index in [2.05, 4.69) is 10.6 Å². The molecule has 0 aliphatic heterocycles. The van der Waals surface area contributed by atoms with Crippen LogP contribution in [0.25, 0.3) is 0 Å². The van der Waals surface area contributed by atoms with Gasteiger partial charge in [0.2, 0.25) is 0 Å². The van der Waals surface area contributed by atoms with E-state index >= 15 is 0 Å². The molecule has 0 atom stereocenters. The second kappa shape index (κ2) is 9.25. The van der Waals surface area contributed by atoms with Crippen LogP contribution in [0.2, 0.25) is 0 Å². The van der Waals surface area contributed by atoms with E-state index < -0.39 is 16.8 Å². The summed E-state index contributed by atoms with van der Waals surface area (Å²) >= 11 is 4.96. The SMILES string of the molecule is O=C(O)c1ccccc1C(=O)NCCOC(=S)Nc1ccccc1[N+](=O)[O-]. The number of carbonyl (C=O) groups excluding carboxylic acids is 1. The maximum absolute atomic E-state index is 12.1. The van der Waals surface area contributed by atoms with Crippen LogP contribution >= 0.6 is 12.2 Å². The summed E-state index contributed by atoms with van der Waals surface area (Å²) in [5.41, 5.74) is -0.0379. The molecule has 0 heterocycles. The molecular formula is C17H15N3O6S. The van der Waals surface area contributed by atoms with Gasteiger partial charge in [0.05, 0.1) is 22.6 Å². The number of nitrogens with one attached hydrogen (secondary N) is 2. The first kappa shape index (κ1) is 19.8. The third kappa shape index (κ3) is 5.47. The van der Waals surface area contributed by atoms with Crippen molar-refractivity contribution in [2.75, 3.05) is 18.5 Å². The number of carboxylic acids is 1. The largest absolute Gasteiger partial charge is 0.478 e. The molecule has 27 heavy (non-hydrogen) atoms. The van der Waals surface area contributed by atoms with Crippen LogP contribution in [-0.4, -0.2) is 40.2 Å². The number of rotatable bonds is 7. The molecule has 0 bridgehead atoms. The van der Waals surface area contributed by atoms with Crippen LogP contribution in [0.5, 0.6) is 0 Å². The second-order valence-corrected chi connectivity index (χ2v) is 5.51. The number of anilines is 1. The molecule has 2 aromatic carbocycles. The van der Waals surface area contributed by atoms with Gasteiger partial charge in [-0.3, -0.25) is 14.9 Å². The lowest BCUT2D eigenvalue weighted by atomic mass is 10.1. The second-order valence-electron chi connectivity index (χ2n) is 5.14. The van der Waals surface area contributed by atoms with E-state index in [0.717, 1.165) is 0 Å². The molecule has 0 saturated heterocycles. The number of thiocarbonyl (C=S) groups is 1.